The van der Waals surface area contributed by atoms with E-state index in [-0.39, 0.29) is 0 Å². The monoisotopic (exact) mass is 235 g/mol. The van der Waals surface area contributed by atoms with Crippen molar-refractivity contribution in [3.05, 3.63) is 29.8 Å². The highest BCUT2D eigenvalue weighted by Gasteiger charge is 2.18. The van der Waals surface area contributed by atoms with Crippen LogP contribution in [-0.2, 0) is 10.8 Å². The van der Waals surface area contributed by atoms with Crippen LogP contribution in [0.2, 0.25) is 0 Å². The van der Waals surface area contributed by atoms with E-state index in [4.69, 9.17) is 5.26 Å². The molecule has 0 bridgehead atoms. The molecule has 0 heterocycles. The van der Waals surface area contributed by atoms with E-state index in [0.29, 0.717) is 12.2 Å². The second kappa shape index (κ2) is 5.27. The number of nitriles is 1. The van der Waals surface area contributed by atoms with E-state index < -0.39 is 16.2 Å². The molecule has 0 fully saturated rings. The Balaban J connectivity index is 2.68. The second-order valence-electron chi connectivity index (χ2n) is 4.56. The highest BCUT2D eigenvalue weighted by Crippen LogP contribution is 2.21. The average molecular weight is 235 g/mol. The second-order valence-corrected chi connectivity index (χ2v) is 6.10. The summed E-state index contributed by atoms with van der Waals surface area (Å²) in [4.78, 5) is 0.885. The van der Waals surface area contributed by atoms with Crippen molar-refractivity contribution in [3.63, 3.8) is 0 Å². The molecule has 0 saturated heterocycles. The molecule has 0 amide bonds. The SMILES string of the molecule is Cc1ccccc1S(=O)CCC(C)(C)C#N. The van der Waals surface area contributed by atoms with Crippen molar-refractivity contribution in [2.24, 2.45) is 5.41 Å². The summed E-state index contributed by atoms with van der Waals surface area (Å²) < 4.78 is 12.0. The Morgan fingerprint density at radius 3 is 2.56 bits per heavy atom. The van der Waals surface area contributed by atoms with Crippen molar-refractivity contribution in [2.45, 2.75) is 32.1 Å². The van der Waals surface area contributed by atoms with Crippen molar-refractivity contribution in [1.82, 2.24) is 0 Å². The highest BCUT2D eigenvalue weighted by atomic mass is 32.2. The van der Waals surface area contributed by atoms with Gasteiger partial charge in [-0.05, 0) is 38.8 Å². The van der Waals surface area contributed by atoms with Crippen molar-refractivity contribution in [2.75, 3.05) is 5.75 Å². The Morgan fingerprint density at radius 2 is 2.00 bits per heavy atom. The molecule has 0 radical (unpaired) electrons. The molecule has 3 heteroatoms. The molecule has 0 spiro atoms. The van der Waals surface area contributed by atoms with E-state index in [1.165, 1.54) is 0 Å². The lowest BCUT2D eigenvalue weighted by atomic mass is 9.93. The van der Waals surface area contributed by atoms with Gasteiger partial charge in [0.2, 0.25) is 0 Å². The standard InChI is InChI=1S/C13H17NOS/c1-11-6-4-5-7-12(11)16(15)9-8-13(2,3)10-14/h4-7H,8-9H2,1-3H3. The minimum atomic E-state index is -0.994. The minimum absolute atomic E-state index is 0.391. The molecule has 1 aromatic carbocycles. The average Bonchev–Trinajstić information content (AvgIpc) is 2.27. The van der Waals surface area contributed by atoms with Gasteiger partial charge in [0.1, 0.15) is 0 Å². The smallest absolute Gasteiger partial charge is 0.0684 e. The molecule has 1 unspecified atom stereocenters. The van der Waals surface area contributed by atoms with Crippen LogP contribution in [0.1, 0.15) is 25.8 Å². The normalized spacial score (nSPS) is 13.1. The summed E-state index contributed by atoms with van der Waals surface area (Å²) in [6, 6.07) is 9.92. The Hall–Kier alpha value is -1.14. The van der Waals surface area contributed by atoms with E-state index in [1.807, 2.05) is 45.0 Å². The van der Waals surface area contributed by atoms with Crippen molar-refractivity contribution in [3.8, 4) is 6.07 Å². The molecule has 1 atom stereocenters. The van der Waals surface area contributed by atoms with Crippen molar-refractivity contribution < 1.29 is 4.21 Å². The third-order valence-electron chi connectivity index (χ3n) is 2.55. The van der Waals surface area contributed by atoms with Crippen LogP contribution in [0.5, 0.6) is 0 Å². The fourth-order valence-corrected chi connectivity index (χ4v) is 2.90. The number of benzene rings is 1. The maximum absolute atomic E-state index is 12.0. The summed E-state index contributed by atoms with van der Waals surface area (Å²) in [5.74, 6) is 0.547. The van der Waals surface area contributed by atoms with Crippen LogP contribution in [0.3, 0.4) is 0 Å². The van der Waals surface area contributed by atoms with Crippen molar-refractivity contribution >= 4 is 10.8 Å². The summed E-state index contributed by atoms with van der Waals surface area (Å²) in [6.45, 7) is 5.72. The van der Waals surface area contributed by atoms with Crippen LogP contribution >= 0.6 is 0 Å². The highest BCUT2D eigenvalue weighted by molar-refractivity contribution is 7.85. The van der Waals surface area contributed by atoms with Crippen LogP contribution < -0.4 is 0 Å². The Bertz CT molecular complexity index is 432. The number of aryl methyl sites for hydroxylation is 1. The lowest BCUT2D eigenvalue weighted by Gasteiger charge is -2.14. The molecule has 86 valence electrons. The van der Waals surface area contributed by atoms with Gasteiger partial charge in [-0.2, -0.15) is 5.26 Å². The van der Waals surface area contributed by atoms with Crippen LogP contribution in [0.25, 0.3) is 0 Å². The predicted molar refractivity (Wildman–Crippen MR) is 66.5 cm³/mol. The third kappa shape index (κ3) is 3.46. The zero-order valence-electron chi connectivity index (χ0n) is 9.99. The number of hydrogen-bond donors (Lipinski definition) is 0. The molecule has 0 saturated carbocycles. The maximum Gasteiger partial charge on any atom is 0.0684 e. The van der Waals surface area contributed by atoms with E-state index in [2.05, 4.69) is 6.07 Å². The number of hydrogen-bond acceptors (Lipinski definition) is 2. The third-order valence-corrected chi connectivity index (χ3v) is 4.08. The molecule has 0 N–H and O–H groups in total. The van der Waals surface area contributed by atoms with Gasteiger partial charge >= 0.3 is 0 Å². The van der Waals surface area contributed by atoms with Gasteiger partial charge in [-0.3, -0.25) is 4.21 Å². The van der Waals surface area contributed by atoms with E-state index in [0.717, 1.165) is 10.5 Å². The molecule has 1 rings (SSSR count). The molecule has 0 aliphatic heterocycles. The molecule has 0 aromatic heterocycles. The first-order valence-electron chi connectivity index (χ1n) is 5.31. The van der Waals surface area contributed by atoms with Gasteiger partial charge in [-0.25, -0.2) is 0 Å². The lowest BCUT2D eigenvalue weighted by Crippen LogP contribution is -2.13. The first kappa shape index (κ1) is 12.9. The zero-order valence-corrected chi connectivity index (χ0v) is 10.8. The summed E-state index contributed by atoms with van der Waals surface area (Å²) in [6.07, 6.45) is 0.657. The molecule has 1 aromatic rings. The molecular formula is C13H17NOS. The van der Waals surface area contributed by atoms with Crippen LogP contribution in [-0.4, -0.2) is 9.96 Å². The first-order chi connectivity index (χ1) is 7.46. The summed E-state index contributed by atoms with van der Waals surface area (Å²) in [5.41, 5.74) is 0.661. The summed E-state index contributed by atoms with van der Waals surface area (Å²) in [7, 11) is -0.994. The van der Waals surface area contributed by atoms with Gasteiger partial charge < -0.3 is 0 Å². The Kier molecular flexibility index (Phi) is 4.26. The fourth-order valence-electron chi connectivity index (χ4n) is 1.33. The maximum atomic E-state index is 12.0. The van der Waals surface area contributed by atoms with E-state index in [1.54, 1.807) is 0 Å². The number of nitrogens with zero attached hydrogens (tertiary/aromatic N) is 1. The van der Waals surface area contributed by atoms with Crippen LogP contribution in [0, 0.1) is 23.7 Å². The minimum Gasteiger partial charge on any atom is -0.254 e. The first-order valence-corrected chi connectivity index (χ1v) is 6.63. The van der Waals surface area contributed by atoms with E-state index in [9.17, 15) is 4.21 Å². The zero-order chi connectivity index (χ0) is 12.2. The van der Waals surface area contributed by atoms with Gasteiger partial charge in [0, 0.05) is 10.6 Å². The Labute approximate surface area is 99.8 Å². The molecular weight excluding hydrogens is 218 g/mol. The van der Waals surface area contributed by atoms with Gasteiger partial charge in [-0.1, -0.05) is 18.2 Å². The summed E-state index contributed by atoms with van der Waals surface area (Å²) >= 11 is 0. The van der Waals surface area contributed by atoms with Crippen LogP contribution in [0.4, 0.5) is 0 Å². The van der Waals surface area contributed by atoms with Gasteiger partial charge in [0.15, 0.2) is 0 Å². The predicted octanol–water partition coefficient (Wildman–Crippen LogP) is 3.04. The largest absolute Gasteiger partial charge is 0.254 e. The fraction of sp³-hybridized carbons (Fsp3) is 0.462. The quantitative estimate of drug-likeness (QED) is 0.804. The van der Waals surface area contributed by atoms with Gasteiger partial charge in [-0.15, -0.1) is 0 Å². The molecule has 2 nitrogen and oxygen atoms in total. The molecule has 0 aliphatic rings. The van der Waals surface area contributed by atoms with Gasteiger partial charge in [0.25, 0.3) is 0 Å². The molecule has 16 heavy (non-hydrogen) atoms. The van der Waals surface area contributed by atoms with Crippen LogP contribution in [0.15, 0.2) is 29.2 Å². The molecule has 0 aliphatic carbocycles. The Morgan fingerprint density at radius 1 is 1.38 bits per heavy atom. The van der Waals surface area contributed by atoms with Gasteiger partial charge in [0.05, 0.1) is 22.3 Å². The topological polar surface area (TPSA) is 40.9 Å². The number of rotatable bonds is 4. The lowest BCUT2D eigenvalue weighted by molar-refractivity contribution is 0.479. The summed E-state index contributed by atoms with van der Waals surface area (Å²) in [5, 5.41) is 8.88. The van der Waals surface area contributed by atoms with E-state index >= 15 is 0 Å². The van der Waals surface area contributed by atoms with Crippen molar-refractivity contribution in [1.29, 1.82) is 5.26 Å².